The highest BCUT2D eigenvalue weighted by Gasteiger charge is 2.18. The van der Waals surface area contributed by atoms with E-state index in [2.05, 4.69) is 30.6 Å². The van der Waals surface area contributed by atoms with Gasteiger partial charge in [0.1, 0.15) is 10.6 Å². The van der Waals surface area contributed by atoms with Crippen molar-refractivity contribution in [1.82, 2.24) is 9.97 Å². The number of aromatic amines is 1. The minimum Gasteiger partial charge on any atom is -0.480 e. The van der Waals surface area contributed by atoms with Crippen LogP contribution in [0.25, 0.3) is 0 Å². The molecule has 0 amide bonds. The summed E-state index contributed by atoms with van der Waals surface area (Å²) in [5, 5.41) is 0. The Morgan fingerprint density at radius 3 is 2.80 bits per heavy atom. The van der Waals surface area contributed by atoms with Crippen molar-refractivity contribution in [3.63, 3.8) is 0 Å². The van der Waals surface area contributed by atoms with Crippen molar-refractivity contribution in [3.05, 3.63) is 45.4 Å². The number of pyridine rings is 2. The molecule has 106 valence electrons. The number of methoxy groups -OCH3 is 1. The van der Waals surface area contributed by atoms with Crippen LogP contribution in [-0.4, -0.2) is 25.5 Å². The number of sulfonamides is 1. The molecular formula is C11H10BrN3O4S. The molecule has 0 saturated carbocycles. The lowest BCUT2D eigenvalue weighted by Gasteiger charge is -2.08. The van der Waals surface area contributed by atoms with E-state index in [0.717, 1.165) is 6.20 Å². The van der Waals surface area contributed by atoms with Crippen LogP contribution in [0.3, 0.4) is 0 Å². The second-order valence-electron chi connectivity index (χ2n) is 3.69. The third-order valence-corrected chi connectivity index (χ3v) is 4.25. The van der Waals surface area contributed by atoms with Crippen LogP contribution < -0.4 is 14.9 Å². The molecule has 7 nitrogen and oxygen atoms in total. The van der Waals surface area contributed by atoms with Gasteiger partial charge in [0.25, 0.3) is 10.0 Å². The molecule has 0 atom stereocenters. The fourth-order valence-electron chi connectivity index (χ4n) is 1.40. The Morgan fingerprint density at radius 2 is 2.20 bits per heavy atom. The number of H-pyrrole nitrogens is 1. The molecule has 0 unspecified atom stereocenters. The molecule has 0 fully saturated rings. The molecule has 0 radical (unpaired) electrons. The van der Waals surface area contributed by atoms with Crippen LogP contribution in [0.5, 0.6) is 5.88 Å². The first-order valence-corrected chi connectivity index (χ1v) is 7.61. The van der Waals surface area contributed by atoms with E-state index in [0.29, 0.717) is 4.47 Å². The Hall–Kier alpha value is -1.87. The third kappa shape index (κ3) is 2.99. The van der Waals surface area contributed by atoms with Crippen LogP contribution in [0, 0.1) is 0 Å². The monoisotopic (exact) mass is 359 g/mol. The Labute approximate surface area is 123 Å². The molecule has 0 aliphatic rings. The van der Waals surface area contributed by atoms with E-state index in [1.807, 2.05) is 0 Å². The number of aromatic nitrogens is 2. The zero-order valence-electron chi connectivity index (χ0n) is 10.3. The SMILES string of the molecule is COc1ncc(S(=O)(=O)Nc2c[nH]ccc2=O)cc1Br. The van der Waals surface area contributed by atoms with E-state index < -0.39 is 15.5 Å². The van der Waals surface area contributed by atoms with E-state index in [1.165, 1.54) is 31.6 Å². The topological polar surface area (TPSA) is 101 Å². The summed E-state index contributed by atoms with van der Waals surface area (Å²) >= 11 is 3.15. The van der Waals surface area contributed by atoms with E-state index in [1.54, 1.807) is 0 Å². The standard InChI is InChI=1S/C11H10BrN3O4S/c1-19-11-8(12)4-7(5-14-11)20(17,18)15-9-6-13-3-2-10(9)16/h2-6,15H,1H3,(H,13,16). The number of anilines is 1. The lowest BCUT2D eigenvalue weighted by molar-refractivity contribution is 0.394. The van der Waals surface area contributed by atoms with Crippen molar-refractivity contribution in [2.75, 3.05) is 11.8 Å². The molecule has 0 aliphatic heterocycles. The highest BCUT2D eigenvalue weighted by Crippen LogP contribution is 2.25. The maximum Gasteiger partial charge on any atom is 0.263 e. The summed E-state index contributed by atoms with van der Waals surface area (Å²) in [5.74, 6) is 0.265. The summed E-state index contributed by atoms with van der Waals surface area (Å²) in [7, 11) is -2.48. The third-order valence-electron chi connectivity index (χ3n) is 2.35. The number of nitrogens with one attached hydrogen (secondary N) is 2. The maximum atomic E-state index is 12.1. The Bertz CT molecular complexity index is 788. The average molecular weight is 360 g/mol. The lowest BCUT2D eigenvalue weighted by Crippen LogP contribution is -2.18. The molecule has 9 heteroatoms. The first kappa shape index (κ1) is 14.5. The molecule has 0 aromatic carbocycles. The van der Waals surface area contributed by atoms with Gasteiger partial charge in [-0.25, -0.2) is 13.4 Å². The Kier molecular flexibility index (Phi) is 4.09. The molecule has 0 aliphatic carbocycles. The number of hydrogen-bond acceptors (Lipinski definition) is 5. The first-order valence-electron chi connectivity index (χ1n) is 5.33. The lowest BCUT2D eigenvalue weighted by atomic mass is 10.4. The van der Waals surface area contributed by atoms with Crippen molar-refractivity contribution in [2.24, 2.45) is 0 Å². The highest BCUT2D eigenvalue weighted by molar-refractivity contribution is 9.10. The van der Waals surface area contributed by atoms with Crippen molar-refractivity contribution < 1.29 is 13.2 Å². The number of halogens is 1. The average Bonchev–Trinajstić information content (AvgIpc) is 2.41. The largest absolute Gasteiger partial charge is 0.480 e. The molecule has 2 aromatic heterocycles. The van der Waals surface area contributed by atoms with Crippen molar-refractivity contribution in [2.45, 2.75) is 4.90 Å². The van der Waals surface area contributed by atoms with E-state index in [-0.39, 0.29) is 16.5 Å². The summed E-state index contributed by atoms with van der Waals surface area (Å²) in [5.41, 5.74) is -0.507. The minimum atomic E-state index is -3.90. The number of ether oxygens (including phenoxy) is 1. The molecule has 0 spiro atoms. The molecule has 2 N–H and O–H groups in total. The van der Waals surface area contributed by atoms with Crippen LogP contribution in [0.15, 0.2) is 44.9 Å². The smallest absolute Gasteiger partial charge is 0.263 e. The Morgan fingerprint density at radius 1 is 1.45 bits per heavy atom. The summed E-state index contributed by atoms with van der Waals surface area (Å²) in [4.78, 5) is 17.9. The summed E-state index contributed by atoms with van der Waals surface area (Å²) in [6.45, 7) is 0. The fraction of sp³-hybridized carbons (Fsp3) is 0.0909. The van der Waals surface area contributed by atoms with Crippen LogP contribution in [0.1, 0.15) is 0 Å². The Balaban J connectivity index is 2.39. The van der Waals surface area contributed by atoms with Gasteiger partial charge in [-0.2, -0.15) is 0 Å². The van der Waals surface area contributed by atoms with Crippen molar-refractivity contribution in [3.8, 4) is 5.88 Å². The molecule has 20 heavy (non-hydrogen) atoms. The summed E-state index contributed by atoms with van der Waals surface area (Å²) < 4.78 is 31.8. The van der Waals surface area contributed by atoms with Gasteiger partial charge in [0, 0.05) is 18.5 Å². The van der Waals surface area contributed by atoms with Crippen LogP contribution >= 0.6 is 15.9 Å². The number of nitrogens with zero attached hydrogens (tertiary/aromatic N) is 1. The summed E-state index contributed by atoms with van der Waals surface area (Å²) in [6.07, 6.45) is 3.82. The molecule has 2 rings (SSSR count). The number of hydrogen-bond donors (Lipinski definition) is 2. The van der Waals surface area contributed by atoms with Gasteiger partial charge in [-0.15, -0.1) is 0 Å². The van der Waals surface area contributed by atoms with E-state index >= 15 is 0 Å². The van der Waals surface area contributed by atoms with Gasteiger partial charge < -0.3 is 9.72 Å². The van der Waals surface area contributed by atoms with Gasteiger partial charge in [-0.3, -0.25) is 9.52 Å². The van der Waals surface area contributed by atoms with Crippen molar-refractivity contribution >= 4 is 31.6 Å². The maximum absolute atomic E-state index is 12.1. The zero-order valence-corrected chi connectivity index (χ0v) is 12.7. The molecule has 0 bridgehead atoms. The number of rotatable bonds is 4. The highest BCUT2D eigenvalue weighted by atomic mass is 79.9. The minimum absolute atomic E-state index is 0.0700. The molecule has 2 heterocycles. The van der Waals surface area contributed by atoms with Gasteiger partial charge in [0.2, 0.25) is 11.3 Å². The summed E-state index contributed by atoms with van der Waals surface area (Å²) in [6, 6.07) is 2.56. The second-order valence-corrected chi connectivity index (χ2v) is 6.23. The van der Waals surface area contributed by atoms with Crippen LogP contribution in [0.4, 0.5) is 5.69 Å². The van der Waals surface area contributed by atoms with Gasteiger partial charge in [-0.1, -0.05) is 0 Å². The van der Waals surface area contributed by atoms with Crippen LogP contribution in [-0.2, 0) is 10.0 Å². The van der Waals surface area contributed by atoms with E-state index in [9.17, 15) is 13.2 Å². The normalized spacial score (nSPS) is 11.1. The first-order chi connectivity index (χ1) is 9.44. The van der Waals surface area contributed by atoms with Gasteiger partial charge in [0.15, 0.2) is 0 Å². The van der Waals surface area contributed by atoms with Crippen LogP contribution in [0.2, 0.25) is 0 Å². The zero-order chi connectivity index (χ0) is 14.8. The molecule has 0 saturated heterocycles. The fourth-order valence-corrected chi connectivity index (χ4v) is 3.10. The van der Waals surface area contributed by atoms with Crippen molar-refractivity contribution in [1.29, 1.82) is 0 Å². The van der Waals surface area contributed by atoms with Gasteiger partial charge in [-0.05, 0) is 22.0 Å². The molecular weight excluding hydrogens is 350 g/mol. The molecule has 2 aromatic rings. The van der Waals surface area contributed by atoms with E-state index in [4.69, 9.17) is 4.74 Å². The van der Waals surface area contributed by atoms with Gasteiger partial charge >= 0.3 is 0 Å². The predicted octanol–water partition coefficient (Wildman–Crippen LogP) is 1.34. The predicted molar refractivity (Wildman–Crippen MR) is 76.4 cm³/mol. The second kappa shape index (κ2) is 5.63. The quantitative estimate of drug-likeness (QED) is 0.857. The van der Waals surface area contributed by atoms with Gasteiger partial charge in [0.05, 0.1) is 17.8 Å².